The lowest BCUT2D eigenvalue weighted by atomic mass is 10.0. The molecule has 4 nitrogen and oxygen atoms in total. The Hall–Kier alpha value is -0.130. The zero-order chi connectivity index (χ0) is 14.1. The highest BCUT2D eigenvalue weighted by Crippen LogP contribution is 2.27. The van der Waals surface area contributed by atoms with Gasteiger partial charge in [-0.2, -0.15) is 0 Å². The van der Waals surface area contributed by atoms with Crippen molar-refractivity contribution >= 4 is 10.0 Å². The third-order valence-corrected chi connectivity index (χ3v) is 5.47. The summed E-state index contributed by atoms with van der Waals surface area (Å²) in [6.07, 6.45) is 7.63. The van der Waals surface area contributed by atoms with E-state index in [4.69, 9.17) is 0 Å². The lowest BCUT2D eigenvalue weighted by Crippen LogP contribution is -2.38. The molecule has 0 radical (unpaired) electrons. The third-order valence-electron chi connectivity index (χ3n) is 3.92. The number of sulfonamides is 1. The second-order valence-electron chi connectivity index (χ2n) is 5.73. The molecule has 0 aromatic rings. The molecule has 0 bridgehead atoms. The number of nitrogens with one attached hydrogen (secondary N) is 2. The molecule has 2 N–H and O–H groups in total. The summed E-state index contributed by atoms with van der Waals surface area (Å²) in [6.45, 7) is 6.08. The number of hydrogen-bond acceptors (Lipinski definition) is 3. The standard InChI is InChI=1S/C14H30N2O2S/c1-3-10-15-11-6-7-12-19(17,18)16-13(2)14-8-4-5-9-14/h13-16H,3-12H2,1-2H3. The quantitative estimate of drug-likeness (QED) is 0.607. The number of rotatable bonds is 10. The maximum Gasteiger partial charge on any atom is 0.211 e. The highest BCUT2D eigenvalue weighted by molar-refractivity contribution is 7.89. The first-order chi connectivity index (χ1) is 9.05. The lowest BCUT2D eigenvalue weighted by Gasteiger charge is -2.20. The SMILES string of the molecule is CCCNCCCCS(=O)(=O)NC(C)C1CCCC1. The molecule has 1 saturated carbocycles. The van der Waals surface area contributed by atoms with Gasteiger partial charge in [0.25, 0.3) is 0 Å². The zero-order valence-corrected chi connectivity index (χ0v) is 13.3. The highest BCUT2D eigenvalue weighted by atomic mass is 32.2. The Kier molecular flexibility index (Phi) is 7.95. The van der Waals surface area contributed by atoms with Gasteiger partial charge in [-0.05, 0) is 58.0 Å². The average molecular weight is 290 g/mol. The van der Waals surface area contributed by atoms with E-state index in [0.29, 0.717) is 5.92 Å². The molecule has 5 heteroatoms. The van der Waals surface area contributed by atoms with Gasteiger partial charge >= 0.3 is 0 Å². The van der Waals surface area contributed by atoms with Crippen molar-refractivity contribution in [3.8, 4) is 0 Å². The Morgan fingerprint density at radius 2 is 1.84 bits per heavy atom. The smallest absolute Gasteiger partial charge is 0.211 e. The van der Waals surface area contributed by atoms with E-state index in [1.54, 1.807) is 0 Å². The maximum atomic E-state index is 12.0. The Labute approximate surface area is 118 Å². The molecule has 114 valence electrons. The molecule has 1 aliphatic carbocycles. The molecule has 1 unspecified atom stereocenters. The molecule has 1 fully saturated rings. The molecule has 0 aromatic carbocycles. The summed E-state index contributed by atoms with van der Waals surface area (Å²) in [5.74, 6) is 0.804. The van der Waals surface area contributed by atoms with E-state index < -0.39 is 10.0 Å². The fourth-order valence-electron chi connectivity index (χ4n) is 2.74. The molecule has 0 saturated heterocycles. The zero-order valence-electron chi connectivity index (χ0n) is 12.5. The van der Waals surface area contributed by atoms with E-state index in [1.165, 1.54) is 25.7 Å². The van der Waals surface area contributed by atoms with Crippen LogP contribution in [0.2, 0.25) is 0 Å². The van der Waals surface area contributed by atoms with Crippen LogP contribution >= 0.6 is 0 Å². The van der Waals surface area contributed by atoms with Crippen LogP contribution in [0.25, 0.3) is 0 Å². The first-order valence-corrected chi connectivity index (χ1v) is 9.41. The van der Waals surface area contributed by atoms with Crippen LogP contribution in [-0.2, 0) is 10.0 Å². The van der Waals surface area contributed by atoms with E-state index >= 15 is 0 Å². The van der Waals surface area contributed by atoms with Crippen LogP contribution in [0.5, 0.6) is 0 Å². The predicted octanol–water partition coefficient (Wildman–Crippen LogP) is 2.26. The van der Waals surface area contributed by atoms with Gasteiger partial charge in [-0.25, -0.2) is 13.1 Å². The van der Waals surface area contributed by atoms with Crippen molar-refractivity contribution in [2.75, 3.05) is 18.8 Å². The van der Waals surface area contributed by atoms with Crippen molar-refractivity contribution in [2.45, 2.75) is 64.8 Å². The summed E-state index contributed by atoms with van der Waals surface area (Å²) in [4.78, 5) is 0. The van der Waals surface area contributed by atoms with Crippen molar-refractivity contribution in [2.24, 2.45) is 5.92 Å². The van der Waals surface area contributed by atoms with Gasteiger partial charge in [0.1, 0.15) is 0 Å². The minimum Gasteiger partial charge on any atom is -0.317 e. The van der Waals surface area contributed by atoms with E-state index in [2.05, 4.69) is 17.0 Å². The molecular formula is C14H30N2O2S. The molecule has 19 heavy (non-hydrogen) atoms. The molecule has 0 aromatic heterocycles. The van der Waals surface area contributed by atoms with Gasteiger partial charge in [0, 0.05) is 6.04 Å². The van der Waals surface area contributed by atoms with Crippen LogP contribution in [0.15, 0.2) is 0 Å². The molecule has 1 aliphatic rings. The van der Waals surface area contributed by atoms with Crippen LogP contribution in [0.3, 0.4) is 0 Å². The predicted molar refractivity (Wildman–Crippen MR) is 80.7 cm³/mol. The highest BCUT2D eigenvalue weighted by Gasteiger charge is 2.24. The van der Waals surface area contributed by atoms with Gasteiger partial charge in [-0.1, -0.05) is 19.8 Å². The molecule has 0 amide bonds. The Balaban J connectivity index is 2.16. The Bertz CT molecular complexity index is 324. The second kappa shape index (κ2) is 8.93. The third kappa shape index (κ3) is 7.28. The first kappa shape index (κ1) is 16.9. The minimum atomic E-state index is -3.09. The summed E-state index contributed by atoms with van der Waals surface area (Å²) in [6, 6.07) is 0.103. The van der Waals surface area contributed by atoms with Gasteiger partial charge < -0.3 is 5.32 Å². The summed E-state index contributed by atoms with van der Waals surface area (Å²) in [5, 5.41) is 3.29. The average Bonchev–Trinajstić information content (AvgIpc) is 2.87. The van der Waals surface area contributed by atoms with Crippen molar-refractivity contribution in [3.63, 3.8) is 0 Å². The van der Waals surface area contributed by atoms with Crippen molar-refractivity contribution in [1.82, 2.24) is 10.0 Å². The normalized spacial score (nSPS) is 18.8. The van der Waals surface area contributed by atoms with Crippen LogP contribution in [0, 0.1) is 5.92 Å². The van der Waals surface area contributed by atoms with Crippen molar-refractivity contribution in [3.05, 3.63) is 0 Å². The topological polar surface area (TPSA) is 58.2 Å². The summed E-state index contributed by atoms with van der Waals surface area (Å²) < 4.78 is 26.8. The van der Waals surface area contributed by atoms with Crippen molar-refractivity contribution in [1.29, 1.82) is 0 Å². The van der Waals surface area contributed by atoms with Crippen molar-refractivity contribution < 1.29 is 8.42 Å². The van der Waals surface area contributed by atoms with Crippen LogP contribution in [0.1, 0.15) is 58.8 Å². The second-order valence-corrected chi connectivity index (χ2v) is 7.60. The summed E-state index contributed by atoms with van der Waals surface area (Å²) >= 11 is 0. The molecule has 0 aliphatic heterocycles. The van der Waals surface area contributed by atoms with Crippen LogP contribution < -0.4 is 10.0 Å². The molecule has 0 spiro atoms. The van der Waals surface area contributed by atoms with Gasteiger partial charge in [-0.15, -0.1) is 0 Å². The van der Waals surface area contributed by atoms with E-state index in [1.807, 2.05) is 6.92 Å². The minimum absolute atomic E-state index is 0.103. The van der Waals surface area contributed by atoms with Crippen LogP contribution in [0.4, 0.5) is 0 Å². The van der Waals surface area contributed by atoms with E-state index in [9.17, 15) is 8.42 Å². The summed E-state index contributed by atoms with van der Waals surface area (Å²) in [5.41, 5.74) is 0. The Morgan fingerprint density at radius 3 is 2.47 bits per heavy atom. The van der Waals surface area contributed by atoms with E-state index in [-0.39, 0.29) is 11.8 Å². The fraction of sp³-hybridized carbons (Fsp3) is 1.00. The summed E-state index contributed by atoms with van der Waals surface area (Å²) in [7, 11) is -3.09. The van der Waals surface area contributed by atoms with Gasteiger partial charge in [0.15, 0.2) is 0 Å². The number of unbranched alkanes of at least 4 members (excludes halogenated alkanes) is 1. The molecular weight excluding hydrogens is 260 g/mol. The van der Waals surface area contributed by atoms with E-state index in [0.717, 1.165) is 32.4 Å². The fourth-order valence-corrected chi connectivity index (χ4v) is 4.20. The Morgan fingerprint density at radius 1 is 1.16 bits per heavy atom. The van der Waals surface area contributed by atoms with Gasteiger partial charge in [0.2, 0.25) is 10.0 Å². The first-order valence-electron chi connectivity index (χ1n) is 7.76. The molecule has 1 rings (SSSR count). The largest absolute Gasteiger partial charge is 0.317 e. The monoisotopic (exact) mass is 290 g/mol. The van der Waals surface area contributed by atoms with Gasteiger partial charge in [-0.3, -0.25) is 0 Å². The van der Waals surface area contributed by atoms with Gasteiger partial charge in [0.05, 0.1) is 5.75 Å². The lowest BCUT2D eigenvalue weighted by molar-refractivity contribution is 0.423. The molecule has 0 heterocycles. The maximum absolute atomic E-state index is 12.0. The van der Waals surface area contributed by atoms with Crippen LogP contribution in [-0.4, -0.2) is 33.3 Å². The molecule has 1 atom stereocenters. The number of hydrogen-bond donors (Lipinski definition) is 2.